The Balaban J connectivity index is 0.00000420. The maximum atomic E-state index is 13.5. The third-order valence-corrected chi connectivity index (χ3v) is 6.18. The van der Waals surface area contributed by atoms with Crippen molar-refractivity contribution in [3.05, 3.63) is 131 Å². The number of rotatable bonds is 13. The van der Waals surface area contributed by atoms with Gasteiger partial charge in [0.1, 0.15) is 12.4 Å². The summed E-state index contributed by atoms with van der Waals surface area (Å²) < 4.78 is 24.9. The van der Waals surface area contributed by atoms with Crippen molar-refractivity contribution in [2.45, 2.75) is 26.1 Å². The Hall–Kier alpha value is -3.87. The van der Waals surface area contributed by atoms with E-state index in [0.717, 1.165) is 28.7 Å². The molecule has 0 saturated heterocycles. The van der Waals surface area contributed by atoms with Gasteiger partial charge in [-0.1, -0.05) is 78.9 Å². The zero-order valence-corrected chi connectivity index (χ0v) is 22.8. The van der Waals surface area contributed by atoms with E-state index >= 15 is 0 Å². The van der Waals surface area contributed by atoms with E-state index < -0.39 is 0 Å². The van der Waals surface area contributed by atoms with E-state index in [-0.39, 0.29) is 30.7 Å². The summed E-state index contributed by atoms with van der Waals surface area (Å²) in [6.07, 6.45) is 0.735. The number of hydrogen-bond donors (Lipinski definition) is 1. The fourth-order valence-electron chi connectivity index (χ4n) is 4.17. The van der Waals surface area contributed by atoms with Gasteiger partial charge in [-0.2, -0.15) is 0 Å². The molecule has 7 heteroatoms. The fraction of sp³-hybridized carbons (Fsp3) is 0.219. The molecule has 0 atom stereocenters. The molecule has 1 N–H and O–H groups in total. The Kier molecular flexibility index (Phi) is 11.8. The molecule has 4 rings (SSSR count). The standard InChI is InChI=1S/C32H33FN2O3.ClH/c1-37-31-20-25(15-16-30(31)38-24-28-13-8-14-29(33)19-28)17-18-35(22-27-11-6-3-7-12-27)23-32(36)34-21-26-9-4-2-5-10-26;/h2-16,19-20H,17-18,21-24H2,1H3,(H,34,36);1H. The van der Waals surface area contributed by atoms with Gasteiger partial charge >= 0.3 is 0 Å². The van der Waals surface area contributed by atoms with Gasteiger partial charge in [0, 0.05) is 19.6 Å². The van der Waals surface area contributed by atoms with Crippen LogP contribution >= 0.6 is 12.4 Å². The maximum Gasteiger partial charge on any atom is 0.234 e. The second-order valence-corrected chi connectivity index (χ2v) is 9.11. The Bertz CT molecular complexity index is 1310. The van der Waals surface area contributed by atoms with Gasteiger partial charge < -0.3 is 14.8 Å². The molecule has 39 heavy (non-hydrogen) atoms. The first-order valence-corrected chi connectivity index (χ1v) is 12.7. The van der Waals surface area contributed by atoms with Gasteiger partial charge in [0.25, 0.3) is 0 Å². The van der Waals surface area contributed by atoms with Crippen LogP contribution in [0.4, 0.5) is 4.39 Å². The molecule has 4 aromatic carbocycles. The summed E-state index contributed by atoms with van der Waals surface area (Å²) in [6.45, 7) is 2.42. The Morgan fingerprint density at radius 3 is 2.18 bits per heavy atom. The van der Waals surface area contributed by atoms with Crippen LogP contribution in [0.3, 0.4) is 0 Å². The molecule has 0 fully saturated rings. The fourth-order valence-corrected chi connectivity index (χ4v) is 4.17. The van der Waals surface area contributed by atoms with Crippen molar-refractivity contribution in [3.8, 4) is 11.5 Å². The van der Waals surface area contributed by atoms with E-state index in [9.17, 15) is 9.18 Å². The van der Waals surface area contributed by atoms with Crippen molar-refractivity contribution < 1.29 is 18.7 Å². The first-order chi connectivity index (χ1) is 18.6. The summed E-state index contributed by atoms with van der Waals surface area (Å²) >= 11 is 0. The summed E-state index contributed by atoms with van der Waals surface area (Å²) in [5.41, 5.74) is 4.05. The van der Waals surface area contributed by atoms with Crippen molar-refractivity contribution in [1.29, 1.82) is 0 Å². The third-order valence-electron chi connectivity index (χ3n) is 6.18. The molecule has 0 bridgehead atoms. The molecule has 0 radical (unpaired) electrons. The van der Waals surface area contributed by atoms with E-state index in [1.54, 1.807) is 13.2 Å². The van der Waals surface area contributed by atoms with Gasteiger partial charge in [-0.3, -0.25) is 9.69 Å². The maximum absolute atomic E-state index is 13.5. The number of nitrogens with one attached hydrogen (secondary N) is 1. The number of carbonyl (C=O) groups excluding carboxylic acids is 1. The van der Waals surface area contributed by atoms with Crippen molar-refractivity contribution in [3.63, 3.8) is 0 Å². The average Bonchev–Trinajstić information content (AvgIpc) is 2.95. The number of halogens is 2. The predicted octanol–water partition coefficient (Wildman–Crippen LogP) is 6.20. The number of methoxy groups -OCH3 is 1. The van der Waals surface area contributed by atoms with E-state index in [0.29, 0.717) is 37.7 Å². The molecule has 0 saturated carbocycles. The van der Waals surface area contributed by atoms with Crippen molar-refractivity contribution >= 4 is 18.3 Å². The van der Waals surface area contributed by atoms with Crippen LogP contribution in [0.25, 0.3) is 0 Å². The first-order valence-electron chi connectivity index (χ1n) is 12.7. The van der Waals surface area contributed by atoms with Crippen LogP contribution in [0.5, 0.6) is 11.5 Å². The summed E-state index contributed by atoms with van der Waals surface area (Å²) in [6, 6.07) is 32.2. The highest BCUT2D eigenvalue weighted by Crippen LogP contribution is 2.29. The molecule has 0 heterocycles. The molecule has 0 unspecified atom stereocenters. The summed E-state index contributed by atoms with van der Waals surface area (Å²) in [5.74, 6) is 0.918. The van der Waals surface area contributed by atoms with E-state index in [1.165, 1.54) is 12.1 Å². The topological polar surface area (TPSA) is 50.8 Å². The van der Waals surface area contributed by atoms with Crippen molar-refractivity contribution in [2.24, 2.45) is 0 Å². The van der Waals surface area contributed by atoms with Crippen LogP contribution < -0.4 is 14.8 Å². The van der Waals surface area contributed by atoms with Gasteiger partial charge in [0.15, 0.2) is 11.5 Å². The van der Waals surface area contributed by atoms with E-state index in [2.05, 4.69) is 22.3 Å². The summed E-state index contributed by atoms with van der Waals surface area (Å²) in [7, 11) is 1.60. The van der Waals surface area contributed by atoms with E-state index in [4.69, 9.17) is 9.47 Å². The third kappa shape index (κ3) is 9.74. The minimum absolute atomic E-state index is 0. The molecule has 4 aromatic rings. The quantitative estimate of drug-likeness (QED) is 0.216. The summed E-state index contributed by atoms with van der Waals surface area (Å²) in [4.78, 5) is 14.9. The van der Waals surface area contributed by atoms with Gasteiger partial charge in [-0.05, 0) is 52.9 Å². The Labute approximate surface area is 236 Å². The zero-order valence-electron chi connectivity index (χ0n) is 22.0. The average molecular weight is 549 g/mol. The predicted molar refractivity (Wildman–Crippen MR) is 155 cm³/mol. The van der Waals surface area contributed by atoms with E-state index in [1.807, 2.05) is 72.8 Å². The molecular formula is C32H34ClFN2O3. The number of nitrogens with zero attached hydrogens (tertiary/aromatic N) is 1. The minimum Gasteiger partial charge on any atom is -0.493 e. The number of carbonyl (C=O) groups is 1. The van der Waals surface area contributed by atoms with Gasteiger partial charge in [0.05, 0.1) is 13.7 Å². The van der Waals surface area contributed by atoms with Crippen LogP contribution in [0.1, 0.15) is 22.3 Å². The van der Waals surface area contributed by atoms with Gasteiger partial charge in [0.2, 0.25) is 5.91 Å². The van der Waals surface area contributed by atoms with Crippen LogP contribution in [0, 0.1) is 5.82 Å². The lowest BCUT2D eigenvalue weighted by Gasteiger charge is -2.22. The van der Waals surface area contributed by atoms with Crippen molar-refractivity contribution in [2.75, 3.05) is 20.2 Å². The number of hydrogen-bond acceptors (Lipinski definition) is 4. The second kappa shape index (κ2) is 15.5. The SMILES string of the molecule is COc1cc(CCN(CC(=O)NCc2ccccc2)Cc2ccccc2)ccc1OCc1cccc(F)c1.Cl. The van der Waals surface area contributed by atoms with Gasteiger partial charge in [-0.15, -0.1) is 12.4 Å². The van der Waals surface area contributed by atoms with Crippen molar-refractivity contribution in [1.82, 2.24) is 10.2 Å². The lowest BCUT2D eigenvalue weighted by atomic mass is 10.1. The number of ether oxygens (including phenoxy) is 2. The highest BCUT2D eigenvalue weighted by Gasteiger charge is 2.13. The molecule has 0 spiro atoms. The number of benzene rings is 4. The smallest absolute Gasteiger partial charge is 0.234 e. The van der Waals surface area contributed by atoms with Crippen LogP contribution in [-0.4, -0.2) is 31.0 Å². The van der Waals surface area contributed by atoms with Gasteiger partial charge in [-0.25, -0.2) is 4.39 Å². The highest BCUT2D eigenvalue weighted by atomic mass is 35.5. The monoisotopic (exact) mass is 548 g/mol. The lowest BCUT2D eigenvalue weighted by Crippen LogP contribution is -2.37. The molecule has 0 aromatic heterocycles. The molecular weight excluding hydrogens is 515 g/mol. The molecule has 5 nitrogen and oxygen atoms in total. The number of amides is 1. The molecule has 0 aliphatic carbocycles. The molecule has 1 amide bonds. The highest BCUT2D eigenvalue weighted by molar-refractivity contribution is 5.85. The molecule has 204 valence electrons. The van der Waals surface area contributed by atoms with Crippen LogP contribution in [0.15, 0.2) is 103 Å². The van der Waals surface area contributed by atoms with Crippen LogP contribution in [0.2, 0.25) is 0 Å². The molecule has 0 aliphatic heterocycles. The second-order valence-electron chi connectivity index (χ2n) is 9.11. The largest absolute Gasteiger partial charge is 0.493 e. The first kappa shape index (κ1) is 29.7. The van der Waals surface area contributed by atoms with Crippen LogP contribution in [-0.2, 0) is 30.9 Å². The molecule has 0 aliphatic rings. The Morgan fingerprint density at radius 2 is 1.49 bits per heavy atom. The zero-order chi connectivity index (χ0) is 26.6. The minimum atomic E-state index is -0.290. The lowest BCUT2D eigenvalue weighted by molar-refractivity contribution is -0.122. The summed E-state index contributed by atoms with van der Waals surface area (Å²) in [5, 5.41) is 3.03. The normalized spacial score (nSPS) is 10.5. The Morgan fingerprint density at radius 1 is 0.795 bits per heavy atom.